The number of hydrogen-bond donors (Lipinski definition) is 1. The van der Waals surface area contributed by atoms with Gasteiger partial charge in [-0.25, -0.2) is 0 Å². The third kappa shape index (κ3) is 3.83. The lowest BCUT2D eigenvalue weighted by Crippen LogP contribution is -1.97. The third-order valence-electron chi connectivity index (χ3n) is 3.06. The molecule has 0 atom stereocenters. The molecule has 1 heterocycles. The first-order valence-corrected chi connectivity index (χ1v) is 7.61. The van der Waals surface area contributed by atoms with E-state index in [1.165, 1.54) is 10.9 Å². The number of alkyl halides is 1. The SMILES string of the molecule is CC(=O)CCCc1c[nH]c2ccc(OCCBr)cc12. The fourth-order valence-electron chi connectivity index (χ4n) is 2.14. The van der Waals surface area contributed by atoms with Crippen molar-refractivity contribution in [3.63, 3.8) is 0 Å². The fraction of sp³-hybridized carbons (Fsp3) is 0.400. The number of nitrogens with one attached hydrogen (secondary N) is 1. The molecule has 0 unspecified atom stereocenters. The zero-order valence-corrected chi connectivity index (χ0v) is 12.6. The van der Waals surface area contributed by atoms with E-state index in [-0.39, 0.29) is 5.78 Å². The molecule has 1 aromatic carbocycles. The molecule has 0 spiro atoms. The third-order valence-corrected chi connectivity index (χ3v) is 3.38. The van der Waals surface area contributed by atoms with Crippen LogP contribution in [0.5, 0.6) is 5.75 Å². The first-order chi connectivity index (χ1) is 9.20. The maximum absolute atomic E-state index is 11.0. The highest BCUT2D eigenvalue weighted by molar-refractivity contribution is 9.09. The van der Waals surface area contributed by atoms with Crippen LogP contribution in [0.15, 0.2) is 24.4 Å². The molecular formula is C15H18BrNO2. The number of Topliss-reactive ketones (excluding diaryl/α,β-unsaturated/α-hetero) is 1. The molecule has 1 aromatic heterocycles. The summed E-state index contributed by atoms with van der Waals surface area (Å²) in [4.78, 5) is 14.2. The summed E-state index contributed by atoms with van der Waals surface area (Å²) in [6.07, 6.45) is 4.49. The Hall–Kier alpha value is -1.29. The molecule has 3 nitrogen and oxygen atoms in total. The van der Waals surface area contributed by atoms with E-state index in [2.05, 4.69) is 27.0 Å². The minimum atomic E-state index is 0.251. The summed E-state index contributed by atoms with van der Waals surface area (Å²) in [5, 5.41) is 2.01. The van der Waals surface area contributed by atoms with Crippen molar-refractivity contribution in [2.75, 3.05) is 11.9 Å². The van der Waals surface area contributed by atoms with Crippen LogP contribution in [0.4, 0.5) is 0 Å². The van der Waals surface area contributed by atoms with Crippen LogP contribution in [-0.4, -0.2) is 22.7 Å². The van der Waals surface area contributed by atoms with Crippen molar-refractivity contribution in [1.29, 1.82) is 0 Å². The number of H-pyrrole nitrogens is 1. The molecule has 0 aliphatic carbocycles. The monoisotopic (exact) mass is 323 g/mol. The number of carbonyl (C=O) groups excluding carboxylic acids is 1. The summed E-state index contributed by atoms with van der Waals surface area (Å²) in [5.74, 6) is 1.14. The van der Waals surface area contributed by atoms with Crippen molar-refractivity contribution in [3.8, 4) is 5.75 Å². The van der Waals surface area contributed by atoms with Gasteiger partial charge in [0.15, 0.2) is 0 Å². The van der Waals surface area contributed by atoms with Gasteiger partial charge in [-0.3, -0.25) is 0 Å². The maximum atomic E-state index is 11.0. The van der Waals surface area contributed by atoms with E-state index in [1.807, 2.05) is 18.3 Å². The average Bonchev–Trinajstić information content (AvgIpc) is 2.79. The number of fused-ring (bicyclic) bond motifs is 1. The first-order valence-electron chi connectivity index (χ1n) is 6.49. The van der Waals surface area contributed by atoms with E-state index in [4.69, 9.17) is 4.74 Å². The van der Waals surface area contributed by atoms with Crippen molar-refractivity contribution >= 4 is 32.6 Å². The second-order valence-corrected chi connectivity index (χ2v) is 5.41. The van der Waals surface area contributed by atoms with Gasteiger partial charge in [0.05, 0.1) is 6.61 Å². The van der Waals surface area contributed by atoms with Gasteiger partial charge in [0, 0.05) is 28.9 Å². The molecule has 0 saturated heterocycles. The smallest absolute Gasteiger partial charge is 0.129 e. The predicted molar refractivity (Wildman–Crippen MR) is 81.2 cm³/mol. The zero-order chi connectivity index (χ0) is 13.7. The van der Waals surface area contributed by atoms with E-state index in [0.29, 0.717) is 13.0 Å². The molecule has 0 amide bonds. The minimum Gasteiger partial charge on any atom is -0.493 e. The Morgan fingerprint density at radius 1 is 1.42 bits per heavy atom. The summed E-state index contributed by atoms with van der Waals surface area (Å²) >= 11 is 3.35. The molecule has 0 fully saturated rings. The highest BCUT2D eigenvalue weighted by Crippen LogP contribution is 2.25. The van der Waals surface area contributed by atoms with Crippen LogP contribution in [0, 0.1) is 0 Å². The Morgan fingerprint density at radius 2 is 2.26 bits per heavy atom. The molecule has 2 aromatic rings. The van der Waals surface area contributed by atoms with Crippen LogP contribution in [0.1, 0.15) is 25.3 Å². The summed E-state index contributed by atoms with van der Waals surface area (Å²) in [7, 11) is 0. The van der Waals surface area contributed by atoms with Crippen LogP contribution in [0.25, 0.3) is 10.9 Å². The van der Waals surface area contributed by atoms with Crippen LogP contribution < -0.4 is 4.74 Å². The minimum absolute atomic E-state index is 0.251. The lowest BCUT2D eigenvalue weighted by Gasteiger charge is -2.05. The van der Waals surface area contributed by atoms with E-state index >= 15 is 0 Å². The number of hydrogen-bond acceptors (Lipinski definition) is 2. The quantitative estimate of drug-likeness (QED) is 0.786. The molecule has 102 valence electrons. The summed E-state index contributed by atoms with van der Waals surface area (Å²) in [6.45, 7) is 2.30. The highest BCUT2D eigenvalue weighted by atomic mass is 79.9. The normalized spacial score (nSPS) is 10.8. The largest absolute Gasteiger partial charge is 0.493 e. The van der Waals surface area contributed by atoms with E-state index in [1.54, 1.807) is 6.92 Å². The standard InChI is InChI=1S/C15H18BrNO2/c1-11(18)3-2-4-12-10-17-15-6-5-13(9-14(12)15)19-8-7-16/h5-6,9-10,17H,2-4,7-8H2,1H3. The number of ether oxygens (including phenoxy) is 1. The molecule has 0 bridgehead atoms. The number of rotatable bonds is 7. The maximum Gasteiger partial charge on any atom is 0.129 e. The Balaban J connectivity index is 2.12. The van der Waals surface area contributed by atoms with Crippen LogP contribution in [0.2, 0.25) is 0 Å². The second kappa shape index (κ2) is 6.75. The Labute approximate surface area is 121 Å². The van der Waals surface area contributed by atoms with Gasteiger partial charge in [0.25, 0.3) is 0 Å². The topological polar surface area (TPSA) is 42.1 Å². The number of halogens is 1. The zero-order valence-electron chi connectivity index (χ0n) is 11.0. The van der Waals surface area contributed by atoms with Crippen molar-refractivity contribution in [3.05, 3.63) is 30.0 Å². The van der Waals surface area contributed by atoms with Crippen LogP contribution in [-0.2, 0) is 11.2 Å². The Kier molecular flexibility index (Phi) is 5.02. The molecular weight excluding hydrogens is 306 g/mol. The van der Waals surface area contributed by atoms with E-state index < -0.39 is 0 Å². The average molecular weight is 324 g/mol. The van der Waals surface area contributed by atoms with Gasteiger partial charge < -0.3 is 14.5 Å². The first kappa shape index (κ1) is 14.1. The number of aromatic amines is 1. The van der Waals surface area contributed by atoms with Gasteiger partial charge in [0.1, 0.15) is 11.5 Å². The molecule has 19 heavy (non-hydrogen) atoms. The second-order valence-electron chi connectivity index (χ2n) is 4.61. The predicted octanol–water partition coefficient (Wildman–Crippen LogP) is 3.85. The molecule has 0 saturated carbocycles. The summed E-state index contributed by atoms with van der Waals surface area (Å²) in [6, 6.07) is 6.08. The van der Waals surface area contributed by atoms with Gasteiger partial charge in [-0.15, -0.1) is 0 Å². The molecule has 0 aliphatic heterocycles. The number of aryl methyl sites for hydroxylation is 1. The molecule has 0 radical (unpaired) electrons. The molecule has 0 aliphatic rings. The van der Waals surface area contributed by atoms with Crippen LogP contribution >= 0.6 is 15.9 Å². The lowest BCUT2D eigenvalue weighted by atomic mass is 10.1. The van der Waals surface area contributed by atoms with Gasteiger partial charge in [-0.1, -0.05) is 15.9 Å². The summed E-state index contributed by atoms with van der Waals surface area (Å²) in [5.41, 5.74) is 2.37. The summed E-state index contributed by atoms with van der Waals surface area (Å²) < 4.78 is 5.62. The lowest BCUT2D eigenvalue weighted by molar-refractivity contribution is -0.117. The van der Waals surface area contributed by atoms with Crippen molar-refractivity contribution in [2.24, 2.45) is 0 Å². The van der Waals surface area contributed by atoms with Gasteiger partial charge >= 0.3 is 0 Å². The number of aromatic nitrogens is 1. The van der Waals surface area contributed by atoms with Gasteiger partial charge in [0.2, 0.25) is 0 Å². The number of carbonyl (C=O) groups is 1. The highest BCUT2D eigenvalue weighted by Gasteiger charge is 2.06. The molecule has 1 N–H and O–H groups in total. The molecule has 4 heteroatoms. The van der Waals surface area contributed by atoms with Crippen molar-refractivity contribution < 1.29 is 9.53 Å². The fourth-order valence-corrected chi connectivity index (χ4v) is 2.30. The molecule has 2 rings (SSSR count). The van der Waals surface area contributed by atoms with Gasteiger partial charge in [-0.05, 0) is 43.5 Å². The van der Waals surface area contributed by atoms with Crippen molar-refractivity contribution in [1.82, 2.24) is 4.98 Å². The number of benzene rings is 1. The van der Waals surface area contributed by atoms with Gasteiger partial charge in [-0.2, -0.15) is 0 Å². The van der Waals surface area contributed by atoms with E-state index in [9.17, 15) is 4.79 Å². The Bertz CT molecular complexity index is 562. The van der Waals surface area contributed by atoms with Crippen LogP contribution in [0.3, 0.4) is 0 Å². The Morgan fingerprint density at radius 3 is 3.00 bits per heavy atom. The van der Waals surface area contributed by atoms with Crippen molar-refractivity contribution in [2.45, 2.75) is 26.2 Å². The van der Waals surface area contributed by atoms with E-state index in [0.717, 1.165) is 29.4 Å². The number of ketones is 1.